The molecule has 26 heavy (non-hydrogen) atoms. The van der Waals surface area contributed by atoms with E-state index in [9.17, 15) is 24.3 Å². The second-order valence-electron chi connectivity index (χ2n) is 7.03. The van der Waals surface area contributed by atoms with Crippen LogP contribution in [0.2, 0.25) is 0 Å². The van der Waals surface area contributed by atoms with Crippen LogP contribution in [0.25, 0.3) is 0 Å². The van der Waals surface area contributed by atoms with Crippen LogP contribution in [0.4, 0.5) is 0 Å². The van der Waals surface area contributed by atoms with Crippen LogP contribution in [-0.4, -0.2) is 58.9 Å². The topological polar surface area (TPSA) is 116 Å². The molecule has 0 aliphatic heterocycles. The van der Waals surface area contributed by atoms with Crippen molar-refractivity contribution < 1.29 is 24.3 Å². The van der Waals surface area contributed by atoms with E-state index in [4.69, 9.17) is 0 Å². The number of nitrogens with zero attached hydrogens (tertiary/aromatic N) is 1. The minimum Gasteiger partial charge on any atom is -0.480 e. The first-order valence-electron chi connectivity index (χ1n) is 9.29. The number of hydrogen-bond acceptors (Lipinski definition) is 4. The lowest BCUT2D eigenvalue weighted by molar-refractivity contribution is -0.150. The summed E-state index contributed by atoms with van der Waals surface area (Å²) in [5.41, 5.74) is 0. The summed E-state index contributed by atoms with van der Waals surface area (Å²) in [4.78, 5) is 48.3. The molecule has 0 aromatic rings. The fraction of sp³-hybridized carbons (Fsp3) is 0.778. The number of carbonyl (C=O) groups is 4. The molecule has 148 valence electrons. The van der Waals surface area contributed by atoms with Crippen molar-refractivity contribution in [3.05, 3.63) is 0 Å². The Balaban J connectivity index is 2.61. The van der Waals surface area contributed by atoms with Crippen molar-refractivity contribution in [2.75, 3.05) is 13.1 Å². The van der Waals surface area contributed by atoms with Gasteiger partial charge in [-0.2, -0.15) is 0 Å². The van der Waals surface area contributed by atoms with Crippen molar-refractivity contribution in [2.24, 2.45) is 5.92 Å². The quantitative estimate of drug-likeness (QED) is 0.558. The van der Waals surface area contributed by atoms with E-state index in [0.29, 0.717) is 12.3 Å². The predicted molar refractivity (Wildman–Crippen MR) is 96.3 cm³/mol. The molecule has 2 atom stereocenters. The maximum Gasteiger partial charge on any atom is 0.326 e. The summed E-state index contributed by atoms with van der Waals surface area (Å²) in [6, 6.07) is -1.86. The highest BCUT2D eigenvalue weighted by Crippen LogP contribution is 2.26. The van der Waals surface area contributed by atoms with Gasteiger partial charge < -0.3 is 20.6 Å². The van der Waals surface area contributed by atoms with Crippen molar-refractivity contribution >= 4 is 23.7 Å². The van der Waals surface area contributed by atoms with Gasteiger partial charge in [0.25, 0.3) is 0 Å². The molecule has 0 saturated heterocycles. The monoisotopic (exact) mass is 369 g/mol. The molecular weight excluding hydrogens is 338 g/mol. The summed E-state index contributed by atoms with van der Waals surface area (Å²) < 4.78 is 0. The third-order valence-electron chi connectivity index (χ3n) is 4.78. The van der Waals surface area contributed by atoms with Gasteiger partial charge in [-0.05, 0) is 32.6 Å². The maximum atomic E-state index is 12.6. The van der Waals surface area contributed by atoms with Crippen LogP contribution in [0.15, 0.2) is 0 Å². The van der Waals surface area contributed by atoms with Gasteiger partial charge in [-0.25, -0.2) is 4.79 Å². The summed E-state index contributed by atoms with van der Waals surface area (Å²) in [5, 5.41) is 14.5. The zero-order valence-electron chi connectivity index (χ0n) is 15.9. The molecule has 3 amide bonds. The van der Waals surface area contributed by atoms with E-state index in [1.165, 1.54) is 25.2 Å². The summed E-state index contributed by atoms with van der Waals surface area (Å²) >= 11 is 0. The van der Waals surface area contributed by atoms with Gasteiger partial charge in [0.1, 0.15) is 12.1 Å². The highest BCUT2D eigenvalue weighted by atomic mass is 16.4. The van der Waals surface area contributed by atoms with Crippen LogP contribution < -0.4 is 10.6 Å². The second kappa shape index (κ2) is 10.8. The lowest BCUT2D eigenvalue weighted by Gasteiger charge is -2.30. The van der Waals surface area contributed by atoms with Crippen LogP contribution in [0.5, 0.6) is 0 Å². The fourth-order valence-electron chi connectivity index (χ4n) is 3.24. The van der Waals surface area contributed by atoms with Crippen molar-refractivity contribution in [1.82, 2.24) is 15.5 Å². The normalized spacial score (nSPS) is 17.0. The highest BCUT2D eigenvalue weighted by Gasteiger charge is 2.30. The van der Waals surface area contributed by atoms with Crippen LogP contribution in [0.1, 0.15) is 59.3 Å². The molecule has 0 aromatic carbocycles. The van der Waals surface area contributed by atoms with E-state index in [1.807, 2.05) is 0 Å². The van der Waals surface area contributed by atoms with E-state index in [-0.39, 0.29) is 24.9 Å². The van der Waals surface area contributed by atoms with Gasteiger partial charge in [0.05, 0.1) is 0 Å². The van der Waals surface area contributed by atoms with E-state index in [0.717, 1.165) is 25.7 Å². The predicted octanol–water partition coefficient (Wildman–Crippen LogP) is 0.899. The molecule has 0 radical (unpaired) electrons. The van der Waals surface area contributed by atoms with Gasteiger partial charge in [0.15, 0.2) is 0 Å². The molecule has 1 saturated carbocycles. The van der Waals surface area contributed by atoms with Gasteiger partial charge in [-0.3, -0.25) is 14.4 Å². The highest BCUT2D eigenvalue weighted by molar-refractivity contribution is 5.90. The van der Waals surface area contributed by atoms with Gasteiger partial charge in [0.2, 0.25) is 17.7 Å². The Kier molecular flexibility index (Phi) is 9.09. The molecule has 0 aromatic heterocycles. The molecule has 0 heterocycles. The molecule has 1 fully saturated rings. The van der Waals surface area contributed by atoms with Gasteiger partial charge >= 0.3 is 5.97 Å². The fourth-order valence-corrected chi connectivity index (χ4v) is 3.24. The summed E-state index contributed by atoms with van der Waals surface area (Å²) in [5.74, 6) is -1.68. The van der Waals surface area contributed by atoms with Gasteiger partial charge in [0, 0.05) is 26.4 Å². The molecule has 3 N–H and O–H groups in total. The Labute approximate surface area is 154 Å². The Morgan fingerprint density at radius 1 is 1.12 bits per heavy atom. The van der Waals surface area contributed by atoms with Crippen molar-refractivity contribution in [2.45, 2.75) is 71.4 Å². The second-order valence-corrected chi connectivity index (χ2v) is 7.03. The van der Waals surface area contributed by atoms with E-state index in [1.54, 1.807) is 6.92 Å². The number of aliphatic carboxylic acids is 1. The Morgan fingerprint density at radius 2 is 1.73 bits per heavy atom. The number of carboxylic acids is 1. The van der Waals surface area contributed by atoms with Gasteiger partial charge in [-0.15, -0.1) is 0 Å². The largest absolute Gasteiger partial charge is 0.480 e. The lowest BCUT2D eigenvalue weighted by atomic mass is 9.87. The Bertz CT molecular complexity index is 517. The van der Waals surface area contributed by atoms with E-state index < -0.39 is 24.0 Å². The van der Waals surface area contributed by atoms with Crippen LogP contribution in [0.3, 0.4) is 0 Å². The standard InChI is InChI=1S/C18H31N3O5/c1-12(20-16(23)11-15-7-5-4-6-8-15)17(24)21(13(2)18(25)26)10-9-19-14(3)22/h12-13,15H,4-11H2,1-3H3,(H,19,22)(H,20,23)(H,25,26). The van der Waals surface area contributed by atoms with E-state index in [2.05, 4.69) is 10.6 Å². The molecule has 2 unspecified atom stereocenters. The first-order valence-corrected chi connectivity index (χ1v) is 9.29. The number of amides is 3. The summed E-state index contributed by atoms with van der Waals surface area (Å²) in [6.07, 6.45) is 5.96. The maximum absolute atomic E-state index is 12.6. The lowest BCUT2D eigenvalue weighted by Crippen LogP contribution is -2.53. The minimum absolute atomic E-state index is 0.0642. The SMILES string of the molecule is CC(=O)NCCN(C(=O)C(C)NC(=O)CC1CCCCC1)C(C)C(=O)O. The molecule has 8 heteroatoms. The molecule has 0 bridgehead atoms. The van der Waals surface area contributed by atoms with Crippen molar-refractivity contribution in [3.8, 4) is 0 Å². The number of rotatable bonds is 9. The molecule has 1 rings (SSSR count). The molecule has 8 nitrogen and oxygen atoms in total. The first-order chi connectivity index (χ1) is 12.2. The summed E-state index contributed by atoms with van der Waals surface area (Å²) in [6.45, 7) is 4.53. The average molecular weight is 369 g/mol. The number of hydrogen-bond donors (Lipinski definition) is 3. The van der Waals surface area contributed by atoms with Crippen molar-refractivity contribution in [1.29, 1.82) is 0 Å². The molecule has 0 spiro atoms. The first kappa shape index (κ1) is 21.9. The van der Waals surface area contributed by atoms with Crippen LogP contribution in [-0.2, 0) is 19.2 Å². The molecular formula is C18H31N3O5. The average Bonchev–Trinajstić information content (AvgIpc) is 2.58. The van der Waals surface area contributed by atoms with Crippen LogP contribution >= 0.6 is 0 Å². The Hall–Kier alpha value is -2.12. The molecule has 1 aliphatic carbocycles. The van der Waals surface area contributed by atoms with Crippen LogP contribution in [0, 0.1) is 5.92 Å². The summed E-state index contributed by atoms with van der Waals surface area (Å²) in [7, 11) is 0. The third kappa shape index (κ3) is 7.41. The number of carbonyl (C=O) groups excluding carboxylic acids is 3. The number of carboxylic acid groups (broad SMARTS) is 1. The zero-order chi connectivity index (χ0) is 19.7. The zero-order valence-corrected chi connectivity index (χ0v) is 15.9. The third-order valence-corrected chi connectivity index (χ3v) is 4.78. The number of nitrogens with one attached hydrogen (secondary N) is 2. The molecule has 1 aliphatic rings. The van der Waals surface area contributed by atoms with Gasteiger partial charge in [-0.1, -0.05) is 19.3 Å². The van der Waals surface area contributed by atoms with Crippen molar-refractivity contribution in [3.63, 3.8) is 0 Å². The van der Waals surface area contributed by atoms with E-state index >= 15 is 0 Å². The Morgan fingerprint density at radius 3 is 2.27 bits per heavy atom. The minimum atomic E-state index is -1.14. The smallest absolute Gasteiger partial charge is 0.326 e.